The standard InChI is InChI=1S/C11H21N5O3S/c1-8(2)16(6-5-10(12)14-17)20(18,19)11-7-15(4)9(3)13-11/h7-8,17H,5-6H2,1-4H3,(H2,12,14). The maximum atomic E-state index is 12.5. The molecule has 0 saturated heterocycles. The molecule has 0 aliphatic carbocycles. The van der Waals surface area contributed by atoms with E-state index in [-0.39, 0.29) is 29.9 Å². The lowest BCUT2D eigenvalue weighted by Crippen LogP contribution is -2.39. The van der Waals surface area contributed by atoms with E-state index in [0.717, 1.165) is 0 Å². The molecule has 0 spiro atoms. The lowest BCUT2D eigenvalue weighted by Gasteiger charge is -2.24. The Morgan fingerprint density at radius 2 is 2.20 bits per heavy atom. The molecule has 0 saturated carbocycles. The molecular formula is C11H21N5O3S. The van der Waals surface area contributed by atoms with E-state index in [1.165, 1.54) is 10.5 Å². The van der Waals surface area contributed by atoms with Crippen molar-refractivity contribution in [3.63, 3.8) is 0 Å². The first kappa shape index (κ1) is 16.4. The summed E-state index contributed by atoms with van der Waals surface area (Å²) in [6, 6.07) is -0.256. The normalized spacial score (nSPS) is 13.4. The summed E-state index contributed by atoms with van der Waals surface area (Å²) in [5.41, 5.74) is 5.39. The van der Waals surface area contributed by atoms with Crippen molar-refractivity contribution in [2.45, 2.75) is 38.3 Å². The van der Waals surface area contributed by atoms with Crippen LogP contribution in [0.15, 0.2) is 16.4 Å². The molecule has 0 radical (unpaired) electrons. The molecule has 0 atom stereocenters. The van der Waals surface area contributed by atoms with Crippen LogP contribution in [0.2, 0.25) is 0 Å². The van der Waals surface area contributed by atoms with Gasteiger partial charge >= 0.3 is 0 Å². The summed E-state index contributed by atoms with van der Waals surface area (Å²) >= 11 is 0. The highest BCUT2D eigenvalue weighted by Crippen LogP contribution is 2.17. The monoisotopic (exact) mass is 303 g/mol. The molecule has 0 aliphatic rings. The smallest absolute Gasteiger partial charge is 0.262 e. The van der Waals surface area contributed by atoms with Crippen LogP contribution in [0.4, 0.5) is 0 Å². The van der Waals surface area contributed by atoms with Crippen LogP contribution in [-0.4, -0.2) is 45.9 Å². The molecule has 0 bridgehead atoms. The number of hydrogen-bond donors (Lipinski definition) is 2. The van der Waals surface area contributed by atoms with Crippen molar-refractivity contribution >= 4 is 15.9 Å². The third kappa shape index (κ3) is 3.48. The van der Waals surface area contributed by atoms with Gasteiger partial charge in [0.25, 0.3) is 10.0 Å². The van der Waals surface area contributed by atoms with Gasteiger partial charge in [0.15, 0.2) is 5.03 Å². The Hall–Kier alpha value is -1.61. The summed E-state index contributed by atoms with van der Waals surface area (Å²) in [5, 5.41) is 11.4. The Bertz CT molecular complexity index is 572. The molecule has 1 aromatic heterocycles. The molecule has 1 aromatic rings. The van der Waals surface area contributed by atoms with Gasteiger partial charge in [-0.25, -0.2) is 13.4 Å². The van der Waals surface area contributed by atoms with Crippen molar-refractivity contribution in [1.29, 1.82) is 0 Å². The van der Waals surface area contributed by atoms with Gasteiger partial charge in [0, 0.05) is 32.3 Å². The van der Waals surface area contributed by atoms with Crippen LogP contribution in [0.1, 0.15) is 26.1 Å². The molecule has 0 aliphatic heterocycles. The van der Waals surface area contributed by atoms with Gasteiger partial charge in [-0.05, 0) is 20.8 Å². The van der Waals surface area contributed by atoms with Gasteiger partial charge in [-0.2, -0.15) is 4.31 Å². The van der Waals surface area contributed by atoms with E-state index in [9.17, 15) is 8.42 Å². The molecule has 0 unspecified atom stereocenters. The number of imidazole rings is 1. The van der Waals surface area contributed by atoms with Crippen LogP contribution < -0.4 is 5.73 Å². The molecule has 3 N–H and O–H groups in total. The highest BCUT2D eigenvalue weighted by Gasteiger charge is 2.29. The van der Waals surface area contributed by atoms with Crippen LogP contribution in [-0.2, 0) is 17.1 Å². The number of sulfonamides is 1. The number of rotatable bonds is 6. The molecule has 1 rings (SSSR count). The zero-order chi connectivity index (χ0) is 15.5. The first-order chi connectivity index (χ1) is 9.20. The van der Waals surface area contributed by atoms with E-state index in [2.05, 4.69) is 10.1 Å². The molecular weight excluding hydrogens is 282 g/mol. The molecule has 0 amide bonds. The number of nitrogens with zero attached hydrogens (tertiary/aromatic N) is 4. The van der Waals surface area contributed by atoms with E-state index in [4.69, 9.17) is 10.9 Å². The van der Waals surface area contributed by atoms with E-state index in [1.807, 2.05) is 0 Å². The van der Waals surface area contributed by atoms with Crippen molar-refractivity contribution in [3.05, 3.63) is 12.0 Å². The number of hydrogen-bond acceptors (Lipinski definition) is 5. The highest BCUT2D eigenvalue weighted by atomic mass is 32.2. The van der Waals surface area contributed by atoms with Crippen molar-refractivity contribution in [2.24, 2.45) is 17.9 Å². The topological polar surface area (TPSA) is 114 Å². The van der Waals surface area contributed by atoms with Crippen molar-refractivity contribution in [2.75, 3.05) is 6.54 Å². The second kappa shape index (κ2) is 6.23. The van der Waals surface area contributed by atoms with Gasteiger partial charge in [-0.3, -0.25) is 0 Å². The van der Waals surface area contributed by atoms with Crippen LogP contribution in [0.5, 0.6) is 0 Å². The third-order valence-electron chi connectivity index (χ3n) is 2.95. The summed E-state index contributed by atoms with van der Waals surface area (Å²) in [6.07, 6.45) is 1.63. The highest BCUT2D eigenvalue weighted by molar-refractivity contribution is 7.89. The average molecular weight is 303 g/mol. The van der Waals surface area contributed by atoms with Crippen LogP contribution in [0.25, 0.3) is 0 Å². The maximum absolute atomic E-state index is 12.5. The van der Waals surface area contributed by atoms with Gasteiger partial charge in [-0.15, -0.1) is 0 Å². The number of nitrogens with two attached hydrogens (primary N) is 1. The van der Waals surface area contributed by atoms with Gasteiger partial charge in [0.05, 0.1) is 0 Å². The lowest BCUT2D eigenvalue weighted by atomic mass is 10.3. The zero-order valence-corrected chi connectivity index (χ0v) is 12.9. The van der Waals surface area contributed by atoms with Gasteiger partial charge in [-0.1, -0.05) is 5.16 Å². The van der Waals surface area contributed by atoms with Crippen LogP contribution in [0.3, 0.4) is 0 Å². The van der Waals surface area contributed by atoms with Crippen LogP contribution >= 0.6 is 0 Å². The number of aryl methyl sites for hydroxylation is 2. The molecule has 1 heterocycles. The summed E-state index contributed by atoms with van der Waals surface area (Å²) in [4.78, 5) is 4.05. The fraction of sp³-hybridized carbons (Fsp3) is 0.636. The second-order valence-corrected chi connectivity index (χ2v) is 6.63. The first-order valence-electron chi connectivity index (χ1n) is 6.18. The number of amidine groups is 1. The van der Waals surface area contributed by atoms with E-state index >= 15 is 0 Å². The van der Waals surface area contributed by atoms with Crippen molar-refractivity contribution in [3.8, 4) is 0 Å². The third-order valence-corrected chi connectivity index (χ3v) is 4.90. The second-order valence-electron chi connectivity index (χ2n) is 4.79. The van der Waals surface area contributed by atoms with Crippen molar-refractivity contribution < 1.29 is 13.6 Å². The average Bonchev–Trinajstić information content (AvgIpc) is 2.69. The number of aromatic nitrogens is 2. The lowest BCUT2D eigenvalue weighted by molar-refractivity contribution is 0.313. The molecule has 0 aromatic carbocycles. The zero-order valence-electron chi connectivity index (χ0n) is 12.1. The Morgan fingerprint density at radius 3 is 2.60 bits per heavy atom. The minimum atomic E-state index is -3.70. The van der Waals surface area contributed by atoms with Gasteiger partial charge < -0.3 is 15.5 Å². The quantitative estimate of drug-likeness (QED) is 0.339. The Kier molecular flexibility index (Phi) is 5.12. The molecule has 0 fully saturated rings. The molecule has 114 valence electrons. The summed E-state index contributed by atoms with van der Waals surface area (Å²) < 4.78 is 28.0. The fourth-order valence-electron chi connectivity index (χ4n) is 1.70. The van der Waals surface area contributed by atoms with Crippen LogP contribution in [0, 0.1) is 6.92 Å². The Morgan fingerprint density at radius 1 is 1.60 bits per heavy atom. The predicted molar refractivity (Wildman–Crippen MR) is 75.0 cm³/mol. The Balaban J connectivity index is 3.06. The first-order valence-corrected chi connectivity index (χ1v) is 7.62. The van der Waals surface area contributed by atoms with E-state index in [0.29, 0.717) is 5.82 Å². The molecule has 9 heteroatoms. The number of oxime groups is 1. The minimum Gasteiger partial charge on any atom is -0.409 e. The predicted octanol–water partition coefficient (Wildman–Crippen LogP) is 0.264. The van der Waals surface area contributed by atoms with Gasteiger partial charge in [0.1, 0.15) is 11.7 Å². The Labute approximate surface area is 118 Å². The maximum Gasteiger partial charge on any atom is 0.262 e. The molecule has 20 heavy (non-hydrogen) atoms. The largest absolute Gasteiger partial charge is 0.409 e. The summed E-state index contributed by atoms with van der Waals surface area (Å²) in [7, 11) is -1.96. The summed E-state index contributed by atoms with van der Waals surface area (Å²) in [5.74, 6) is 0.603. The van der Waals surface area contributed by atoms with Gasteiger partial charge in [0.2, 0.25) is 0 Å². The van der Waals surface area contributed by atoms with E-state index < -0.39 is 10.0 Å². The van der Waals surface area contributed by atoms with Crippen molar-refractivity contribution in [1.82, 2.24) is 13.9 Å². The fourth-order valence-corrected chi connectivity index (χ4v) is 3.37. The summed E-state index contributed by atoms with van der Waals surface area (Å²) in [6.45, 7) is 5.39. The molecule has 8 nitrogen and oxygen atoms in total. The SMILES string of the molecule is Cc1nc(S(=O)(=O)N(CCC(N)=NO)C(C)C)cn1C. The van der Waals surface area contributed by atoms with E-state index in [1.54, 1.807) is 32.4 Å². The minimum absolute atomic E-state index is 0.00529.